The maximum Gasteiger partial charge on any atom is 0.254 e. The van der Waals surface area contributed by atoms with Crippen molar-refractivity contribution in [3.63, 3.8) is 0 Å². The molecule has 1 aromatic heterocycles. The van der Waals surface area contributed by atoms with Crippen LogP contribution in [0.25, 0.3) is 0 Å². The molecule has 116 valence electrons. The van der Waals surface area contributed by atoms with Crippen molar-refractivity contribution in [3.05, 3.63) is 23.4 Å². The minimum absolute atomic E-state index is 0.138. The molecule has 1 aliphatic rings. The Morgan fingerprint density at radius 2 is 2.10 bits per heavy atom. The number of hydrogen-bond donors (Lipinski definition) is 1. The summed E-state index contributed by atoms with van der Waals surface area (Å²) in [5.74, 6) is 3.35. The number of carbonyl (C=O) groups is 1. The first kappa shape index (κ1) is 16.1. The van der Waals surface area contributed by atoms with E-state index >= 15 is 0 Å². The average molecular weight is 307 g/mol. The molecule has 1 fully saturated rings. The fourth-order valence-corrected chi connectivity index (χ4v) is 3.17. The summed E-state index contributed by atoms with van der Waals surface area (Å²) in [5.41, 5.74) is 1.74. The Balaban J connectivity index is 2.23. The quantitative estimate of drug-likeness (QED) is 0.907. The van der Waals surface area contributed by atoms with E-state index in [1.54, 1.807) is 0 Å². The third kappa shape index (κ3) is 4.37. The van der Waals surface area contributed by atoms with E-state index in [0.29, 0.717) is 5.92 Å². The van der Waals surface area contributed by atoms with Crippen molar-refractivity contribution in [2.45, 2.75) is 33.1 Å². The first-order chi connectivity index (χ1) is 10.1. The Morgan fingerprint density at radius 1 is 1.38 bits per heavy atom. The van der Waals surface area contributed by atoms with Crippen molar-refractivity contribution in [1.29, 1.82) is 0 Å². The molecule has 0 unspecified atom stereocenters. The lowest BCUT2D eigenvalue weighted by molar-refractivity contribution is 0.0772. The molecule has 0 atom stereocenters. The number of carbonyl (C=O) groups excluding carboxylic acids is 1. The number of nitrogens with one attached hydrogen (secondary N) is 1. The van der Waals surface area contributed by atoms with Crippen LogP contribution in [-0.2, 0) is 0 Å². The molecule has 0 aliphatic carbocycles. The molecule has 0 radical (unpaired) electrons. The summed E-state index contributed by atoms with van der Waals surface area (Å²) in [4.78, 5) is 19.2. The predicted octanol–water partition coefficient (Wildman–Crippen LogP) is 3.22. The van der Waals surface area contributed by atoms with Gasteiger partial charge in [-0.1, -0.05) is 20.8 Å². The number of rotatable bonds is 5. The molecule has 1 aliphatic heterocycles. The lowest BCUT2D eigenvalue weighted by Gasteiger charge is -2.26. The van der Waals surface area contributed by atoms with Gasteiger partial charge in [0.2, 0.25) is 0 Å². The van der Waals surface area contributed by atoms with Gasteiger partial charge < -0.3 is 10.2 Å². The lowest BCUT2D eigenvalue weighted by Crippen LogP contribution is -2.38. The standard InChI is InChI=1S/C16H25N3OS/c1-4-5-17-15-11-13(10-14(18-15)12(2)3)16(20)19-6-8-21-9-7-19/h10-12H,4-9H2,1-3H3,(H,17,18). The number of hydrogen-bond acceptors (Lipinski definition) is 4. The number of anilines is 1. The fraction of sp³-hybridized carbons (Fsp3) is 0.625. The normalized spacial score (nSPS) is 15.3. The second-order valence-electron chi connectivity index (χ2n) is 5.65. The van der Waals surface area contributed by atoms with Crippen LogP contribution in [0.1, 0.15) is 49.2 Å². The summed E-state index contributed by atoms with van der Waals surface area (Å²) in [6.07, 6.45) is 1.04. The topological polar surface area (TPSA) is 45.2 Å². The highest BCUT2D eigenvalue weighted by atomic mass is 32.2. The first-order valence-corrected chi connectivity index (χ1v) is 8.90. The van der Waals surface area contributed by atoms with Crippen LogP contribution >= 0.6 is 11.8 Å². The van der Waals surface area contributed by atoms with E-state index in [9.17, 15) is 4.79 Å². The molecular weight excluding hydrogens is 282 g/mol. The molecule has 21 heavy (non-hydrogen) atoms. The van der Waals surface area contributed by atoms with Gasteiger partial charge in [-0.15, -0.1) is 0 Å². The molecule has 2 heterocycles. The van der Waals surface area contributed by atoms with Crippen LogP contribution in [0.4, 0.5) is 5.82 Å². The largest absolute Gasteiger partial charge is 0.370 e. The lowest BCUT2D eigenvalue weighted by atomic mass is 10.1. The molecule has 1 amide bonds. The van der Waals surface area contributed by atoms with Crippen LogP contribution in [0.15, 0.2) is 12.1 Å². The van der Waals surface area contributed by atoms with Crippen LogP contribution < -0.4 is 5.32 Å². The summed E-state index contributed by atoms with van der Waals surface area (Å²) in [6.45, 7) is 8.91. The SMILES string of the molecule is CCCNc1cc(C(=O)N2CCSCC2)cc(C(C)C)n1. The maximum absolute atomic E-state index is 12.7. The van der Waals surface area contributed by atoms with Crippen molar-refractivity contribution in [2.24, 2.45) is 0 Å². The third-order valence-electron chi connectivity index (χ3n) is 3.54. The highest BCUT2D eigenvalue weighted by molar-refractivity contribution is 7.99. The van der Waals surface area contributed by atoms with Crippen LogP contribution in [0.3, 0.4) is 0 Å². The Hall–Kier alpha value is -1.23. The third-order valence-corrected chi connectivity index (χ3v) is 4.48. The minimum atomic E-state index is 0.138. The van der Waals surface area contributed by atoms with Gasteiger partial charge in [0.05, 0.1) is 0 Å². The van der Waals surface area contributed by atoms with Crippen LogP contribution in [-0.4, -0.2) is 46.9 Å². The Kier molecular flexibility index (Phi) is 5.91. The molecule has 2 rings (SSSR count). The van der Waals surface area contributed by atoms with E-state index in [1.807, 2.05) is 28.8 Å². The van der Waals surface area contributed by atoms with Gasteiger partial charge >= 0.3 is 0 Å². The number of thioether (sulfide) groups is 1. The Labute approximate surface area is 131 Å². The first-order valence-electron chi connectivity index (χ1n) is 7.74. The van der Waals surface area contributed by atoms with E-state index in [0.717, 1.165) is 54.6 Å². The van der Waals surface area contributed by atoms with E-state index < -0.39 is 0 Å². The summed E-state index contributed by atoms with van der Waals surface area (Å²) < 4.78 is 0. The smallest absolute Gasteiger partial charge is 0.254 e. The molecule has 0 bridgehead atoms. The van der Waals surface area contributed by atoms with Crippen LogP contribution in [0, 0.1) is 0 Å². The van der Waals surface area contributed by atoms with Gasteiger partial charge in [0.1, 0.15) is 5.82 Å². The van der Waals surface area contributed by atoms with Crippen molar-refractivity contribution >= 4 is 23.5 Å². The van der Waals surface area contributed by atoms with Gasteiger partial charge in [-0.3, -0.25) is 4.79 Å². The van der Waals surface area contributed by atoms with Gasteiger partial charge in [0.15, 0.2) is 0 Å². The van der Waals surface area contributed by atoms with Crippen LogP contribution in [0.5, 0.6) is 0 Å². The van der Waals surface area contributed by atoms with E-state index in [-0.39, 0.29) is 5.91 Å². The van der Waals surface area contributed by atoms with Gasteiger partial charge in [-0.25, -0.2) is 4.98 Å². The van der Waals surface area contributed by atoms with Crippen molar-refractivity contribution < 1.29 is 4.79 Å². The zero-order valence-corrected chi connectivity index (χ0v) is 14.0. The molecule has 0 aromatic carbocycles. The Morgan fingerprint density at radius 3 is 2.71 bits per heavy atom. The number of pyridine rings is 1. The summed E-state index contributed by atoms with van der Waals surface area (Å²) in [5, 5.41) is 3.30. The van der Waals surface area contributed by atoms with Gasteiger partial charge in [0.25, 0.3) is 5.91 Å². The van der Waals surface area contributed by atoms with E-state index in [2.05, 4.69) is 31.1 Å². The second kappa shape index (κ2) is 7.69. The van der Waals surface area contributed by atoms with Gasteiger partial charge in [-0.05, 0) is 24.5 Å². The molecule has 0 saturated carbocycles. The zero-order chi connectivity index (χ0) is 15.2. The second-order valence-corrected chi connectivity index (χ2v) is 6.88. The summed E-state index contributed by atoms with van der Waals surface area (Å²) >= 11 is 1.91. The van der Waals surface area contributed by atoms with Gasteiger partial charge in [0, 0.05) is 42.4 Å². The average Bonchev–Trinajstić information content (AvgIpc) is 2.52. The van der Waals surface area contributed by atoms with E-state index in [4.69, 9.17) is 0 Å². The van der Waals surface area contributed by atoms with Gasteiger partial charge in [-0.2, -0.15) is 11.8 Å². The van der Waals surface area contributed by atoms with E-state index in [1.165, 1.54) is 0 Å². The molecule has 0 spiro atoms. The van der Waals surface area contributed by atoms with Crippen molar-refractivity contribution in [2.75, 3.05) is 36.5 Å². The number of nitrogens with zero attached hydrogens (tertiary/aromatic N) is 2. The maximum atomic E-state index is 12.7. The minimum Gasteiger partial charge on any atom is -0.370 e. The number of aromatic nitrogens is 1. The Bertz CT molecular complexity index is 484. The molecule has 1 aromatic rings. The highest BCUT2D eigenvalue weighted by Gasteiger charge is 2.20. The van der Waals surface area contributed by atoms with Crippen LogP contribution in [0.2, 0.25) is 0 Å². The molecule has 5 heteroatoms. The zero-order valence-electron chi connectivity index (χ0n) is 13.2. The molecule has 4 nitrogen and oxygen atoms in total. The summed E-state index contributed by atoms with van der Waals surface area (Å²) in [6, 6.07) is 3.84. The predicted molar refractivity (Wildman–Crippen MR) is 90.3 cm³/mol. The number of amides is 1. The highest BCUT2D eigenvalue weighted by Crippen LogP contribution is 2.20. The van der Waals surface area contributed by atoms with Crippen molar-refractivity contribution in [1.82, 2.24) is 9.88 Å². The fourth-order valence-electron chi connectivity index (χ4n) is 2.26. The molecular formula is C16H25N3OS. The van der Waals surface area contributed by atoms with Crippen molar-refractivity contribution in [3.8, 4) is 0 Å². The molecule has 1 saturated heterocycles. The monoisotopic (exact) mass is 307 g/mol. The molecule has 1 N–H and O–H groups in total. The summed E-state index contributed by atoms with van der Waals surface area (Å²) in [7, 11) is 0.